The first kappa shape index (κ1) is 22.3. The van der Waals surface area contributed by atoms with Gasteiger partial charge in [0, 0.05) is 16.2 Å². The highest BCUT2D eigenvalue weighted by Crippen LogP contribution is 2.39. The van der Waals surface area contributed by atoms with Gasteiger partial charge in [0.2, 0.25) is 0 Å². The molecule has 2 N–H and O–H groups in total. The van der Waals surface area contributed by atoms with E-state index >= 15 is 0 Å². The maximum Gasteiger partial charge on any atom is 0.345 e. The van der Waals surface area contributed by atoms with E-state index in [4.69, 9.17) is 21.4 Å². The summed E-state index contributed by atoms with van der Waals surface area (Å²) in [6, 6.07) is 12.0. The number of aliphatic hydroxyl groups excluding tert-OH is 1. The topological polar surface area (TPSA) is 66.8 Å². The van der Waals surface area contributed by atoms with Crippen LogP contribution in [0.4, 0.5) is 0 Å². The Labute approximate surface area is 181 Å². The normalized spacial score (nSPS) is 24.1. The molecular weight excluding hydrogens is 408 g/mol. The smallest absolute Gasteiger partial charge is 0.345 e. The molecule has 1 aliphatic rings. The summed E-state index contributed by atoms with van der Waals surface area (Å²) >= 11 is 7.87. The molecule has 1 aromatic heterocycles. The molecule has 1 heterocycles. The van der Waals surface area contributed by atoms with E-state index in [0.29, 0.717) is 24.5 Å². The number of carboxylic acid groups (broad SMARTS) is 1. The molecule has 29 heavy (non-hydrogen) atoms. The lowest BCUT2D eigenvalue weighted by atomic mass is 9.90. The first-order chi connectivity index (χ1) is 14.0. The van der Waals surface area contributed by atoms with Crippen molar-refractivity contribution in [1.82, 2.24) is 0 Å². The minimum atomic E-state index is -0.873. The molecule has 3 rings (SSSR count). The zero-order chi connectivity index (χ0) is 20.8. The Morgan fingerprint density at radius 2 is 2.03 bits per heavy atom. The molecule has 0 amide bonds. The van der Waals surface area contributed by atoms with Gasteiger partial charge in [-0.25, -0.2) is 4.79 Å². The minimum Gasteiger partial charge on any atom is -0.477 e. The summed E-state index contributed by atoms with van der Waals surface area (Å²) in [5.41, 5.74) is 2.45. The van der Waals surface area contributed by atoms with E-state index in [1.807, 2.05) is 6.07 Å². The van der Waals surface area contributed by atoms with Gasteiger partial charge in [-0.2, -0.15) is 0 Å². The lowest BCUT2D eigenvalue weighted by Gasteiger charge is -2.23. The molecule has 0 spiro atoms. The molecule has 6 heteroatoms. The van der Waals surface area contributed by atoms with Crippen LogP contribution in [0.5, 0.6) is 0 Å². The number of halogens is 1. The molecule has 1 aromatic carbocycles. The summed E-state index contributed by atoms with van der Waals surface area (Å²) in [6.07, 6.45) is 3.85. The molecule has 158 valence electrons. The lowest BCUT2D eigenvalue weighted by Crippen LogP contribution is -2.26. The molecular formula is C23H29ClO4S. The number of thiophene rings is 1. The monoisotopic (exact) mass is 436 g/mol. The highest BCUT2D eigenvalue weighted by molar-refractivity contribution is 7.13. The molecule has 0 radical (unpaired) electrons. The average molecular weight is 437 g/mol. The third-order valence-corrected chi connectivity index (χ3v) is 7.42. The molecule has 0 saturated heterocycles. The fourth-order valence-corrected chi connectivity index (χ4v) is 5.54. The van der Waals surface area contributed by atoms with Crippen LogP contribution in [0, 0.1) is 11.8 Å². The second-order valence-corrected chi connectivity index (χ2v) is 9.53. The molecule has 4 nitrogen and oxygen atoms in total. The summed E-state index contributed by atoms with van der Waals surface area (Å²) in [5, 5.41) is 19.5. The van der Waals surface area contributed by atoms with Crippen molar-refractivity contribution in [2.45, 2.75) is 57.1 Å². The van der Waals surface area contributed by atoms with Crippen molar-refractivity contribution in [1.29, 1.82) is 0 Å². The number of rotatable bonds is 10. The van der Waals surface area contributed by atoms with Gasteiger partial charge in [-0.05, 0) is 61.3 Å². The maximum absolute atomic E-state index is 11.0. The van der Waals surface area contributed by atoms with Crippen molar-refractivity contribution >= 4 is 28.9 Å². The molecule has 1 fully saturated rings. The van der Waals surface area contributed by atoms with Crippen molar-refractivity contribution in [3.05, 3.63) is 57.3 Å². The van der Waals surface area contributed by atoms with E-state index in [1.165, 1.54) is 16.9 Å². The standard InChI is InChI=1S/C23H29ClO4S/c1-2-15-5-3-6-16(11-15)13-28-14-19-18(20(24)12-21(19)25)8-4-7-17-9-10-22(29-17)23(26)27/h3,5-6,9-11,18-21,25H,2,4,7-8,12-14H2,1H3,(H,26,27)/t18-,19-,20-,21-/m1/s1. The van der Waals surface area contributed by atoms with Crippen LogP contribution >= 0.6 is 22.9 Å². The number of ether oxygens (including phenoxy) is 1. The van der Waals surface area contributed by atoms with Crippen molar-refractivity contribution in [3.63, 3.8) is 0 Å². The van der Waals surface area contributed by atoms with Crippen molar-refractivity contribution in [2.24, 2.45) is 11.8 Å². The van der Waals surface area contributed by atoms with E-state index in [-0.39, 0.29) is 17.2 Å². The van der Waals surface area contributed by atoms with Gasteiger partial charge in [-0.3, -0.25) is 0 Å². The van der Waals surface area contributed by atoms with E-state index in [9.17, 15) is 9.90 Å². The Kier molecular flexibility index (Phi) is 8.13. The summed E-state index contributed by atoms with van der Waals surface area (Å²) in [4.78, 5) is 12.5. The third kappa shape index (κ3) is 6.05. The Morgan fingerprint density at radius 3 is 2.76 bits per heavy atom. The van der Waals surface area contributed by atoms with Gasteiger partial charge >= 0.3 is 5.97 Å². The van der Waals surface area contributed by atoms with E-state index in [1.54, 1.807) is 6.07 Å². The number of hydrogen-bond donors (Lipinski definition) is 2. The quantitative estimate of drug-likeness (QED) is 0.505. The van der Waals surface area contributed by atoms with Crippen molar-refractivity contribution in [2.75, 3.05) is 6.61 Å². The van der Waals surface area contributed by atoms with E-state index in [0.717, 1.165) is 36.1 Å². The van der Waals surface area contributed by atoms with Crippen molar-refractivity contribution in [3.8, 4) is 0 Å². The van der Waals surface area contributed by atoms with Gasteiger partial charge in [0.05, 0.1) is 19.3 Å². The van der Waals surface area contributed by atoms with E-state index < -0.39 is 12.1 Å². The third-order valence-electron chi connectivity index (χ3n) is 5.79. The predicted octanol–water partition coefficient (Wildman–Crippen LogP) is 5.15. The zero-order valence-corrected chi connectivity index (χ0v) is 18.3. The van der Waals surface area contributed by atoms with Gasteiger partial charge in [-0.15, -0.1) is 22.9 Å². The average Bonchev–Trinajstić information content (AvgIpc) is 3.28. The maximum atomic E-state index is 11.0. The number of aryl methyl sites for hydroxylation is 2. The molecule has 0 unspecified atom stereocenters. The van der Waals surface area contributed by atoms with Crippen LogP contribution in [0.3, 0.4) is 0 Å². The van der Waals surface area contributed by atoms with Crippen LogP contribution in [0.25, 0.3) is 0 Å². The largest absolute Gasteiger partial charge is 0.477 e. The molecule has 0 bridgehead atoms. The van der Waals surface area contributed by atoms with Gasteiger partial charge in [0.1, 0.15) is 4.88 Å². The molecule has 0 aliphatic heterocycles. The Balaban J connectivity index is 1.49. The van der Waals surface area contributed by atoms with Crippen LogP contribution in [0.1, 0.15) is 51.9 Å². The van der Waals surface area contributed by atoms with Crippen LogP contribution in [-0.2, 0) is 24.2 Å². The Morgan fingerprint density at radius 1 is 1.24 bits per heavy atom. The van der Waals surface area contributed by atoms with Crippen LogP contribution < -0.4 is 0 Å². The number of carboxylic acids is 1. The highest BCUT2D eigenvalue weighted by Gasteiger charge is 2.41. The first-order valence-electron chi connectivity index (χ1n) is 10.3. The van der Waals surface area contributed by atoms with E-state index in [2.05, 4.69) is 31.2 Å². The van der Waals surface area contributed by atoms with Gasteiger partial charge in [0.25, 0.3) is 0 Å². The number of benzene rings is 1. The highest BCUT2D eigenvalue weighted by atomic mass is 35.5. The fourth-order valence-electron chi connectivity index (χ4n) is 4.15. The van der Waals surface area contributed by atoms with Crippen molar-refractivity contribution < 1.29 is 19.7 Å². The van der Waals surface area contributed by atoms with Crippen LogP contribution in [0.15, 0.2) is 36.4 Å². The second kappa shape index (κ2) is 10.6. The summed E-state index contributed by atoms with van der Waals surface area (Å²) in [5.74, 6) is -0.611. The molecule has 2 aromatic rings. The SMILES string of the molecule is CCc1cccc(COC[C@@H]2[C@@H](CCCc3ccc(C(=O)O)s3)[C@H](Cl)C[C@H]2O)c1. The van der Waals surface area contributed by atoms with Gasteiger partial charge < -0.3 is 14.9 Å². The number of hydrogen-bond acceptors (Lipinski definition) is 4. The first-order valence-corrected chi connectivity index (χ1v) is 11.5. The fraction of sp³-hybridized carbons (Fsp3) is 0.522. The Bertz CT molecular complexity index is 806. The Hall–Kier alpha value is -1.40. The number of carbonyl (C=O) groups is 1. The summed E-state index contributed by atoms with van der Waals surface area (Å²) < 4.78 is 5.96. The van der Waals surface area contributed by atoms with Gasteiger partial charge in [0.15, 0.2) is 0 Å². The number of aliphatic hydroxyl groups is 1. The van der Waals surface area contributed by atoms with Crippen LogP contribution in [0.2, 0.25) is 0 Å². The number of aromatic carboxylic acids is 1. The van der Waals surface area contributed by atoms with Gasteiger partial charge in [-0.1, -0.05) is 31.2 Å². The summed E-state index contributed by atoms with van der Waals surface area (Å²) in [7, 11) is 0. The second-order valence-electron chi connectivity index (χ2n) is 7.80. The summed E-state index contributed by atoms with van der Waals surface area (Å²) in [6.45, 7) is 3.19. The molecule has 4 atom stereocenters. The lowest BCUT2D eigenvalue weighted by molar-refractivity contribution is 0.0200. The molecule has 1 saturated carbocycles. The molecule has 1 aliphatic carbocycles. The zero-order valence-electron chi connectivity index (χ0n) is 16.7. The number of alkyl halides is 1. The predicted molar refractivity (Wildman–Crippen MR) is 117 cm³/mol. The minimum absolute atomic E-state index is 0.0417. The van der Waals surface area contributed by atoms with Crippen LogP contribution in [-0.4, -0.2) is 34.3 Å².